The third-order valence-corrected chi connectivity index (χ3v) is 4.28. The lowest BCUT2D eigenvalue weighted by atomic mass is 10.1. The van der Waals surface area contributed by atoms with E-state index in [-0.39, 0.29) is 22.9 Å². The van der Waals surface area contributed by atoms with Crippen molar-refractivity contribution in [3.8, 4) is 0 Å². The van der Waals surface area contributed by atoms with Gasteiger partial charge >= 0.3 is 0 Å². The van der Waals surface area contributed by atoms with Gasteiger partial charge in [-0.15, -0.1) is 0 Å². The summed E-state index contributed by atoms with van der Waals surface area (Å²) in [5.74, 6) is -1.93. The molecule has 1 N–H and O–H groups in total. The third-order valence-electron chi connectivity index (χ3n) is 3.93. The largest absolute Gasteiger partial charge is 0.326 e. The molecule has 9 heteroatoms. The number of hydrogen-bond donors (Lipinski definition) is 1. The number of rotatable bonds is 5. The molecule has 2 amide bonds. The van der Waals surface area contributed by atoms with Crippen LogP contribution < -0.4 is 10.2 Å². The summed E-state index contributed by atoms with van der Waals surface area (Å²) in [4.78, 5) is 33.3. The van der Waals surface area contributed by atoms with Crippen molar-refractivity contribution in [2.24, 2.45) is 0 Å². The van der Waals surface area contributed by atoms with Gasteiger partial charge in [0.2, 0.25) is 11.8 Å². The van der Waals surface area contributed by atoms with Gasteiger partial charge in [-0.1, -0.05) is 17.7 Å². The minimum absolute atomic E-state index is 0.0124. The Balaban J connectivity index is 1.82. The van der Waals surface area contributed by atoms with Crippen LogP contribution >= 0.6 is 11.6 Å². The molecule has 0 radical (unpaired) electrons. The van der Waals surface area contributed by atoms with Crippen LogP contribution in [0.15, 0.2) is 55.0 Å². The molecule has 1 aromatic carbocycles. The molecule has 3 aromatic rings. The van der Waals surface area contributed by atoms with Gasteiger partial charge in [0.1, 0.15) is 11.6 Å². The summed E-state index contributed by atoms with van der Waals surface area (Å²) >= 11 is 5.95. The van der Waals surface area contributed by atoms with E-state index in [9.17, 15) is 18.4 Å². The number of halogens is 3. The summed E-state index contributed by atoms with van der Waals surface area (Å²) in [5, 5.41) is 2.80. The van der Waals surface area contributed by atoms with Crippen molar-refractivity contribution < 1.29 is 18.4 Å². The normalized spacial score (nSPS) is 10.5. The molecular weight excluding hydrogens is 402 g/mol. The molecule has 6 nitrogen and oxygen atoms in total. The van der Waals surface area contributed by atoms with Crippen LogP contribution in [-0.4, -0.2) is 21.8 Å². The van der Waals surface area contributed by atoms with Gasteiger partial charge in [0.15, 0.2) is 5.82 Å². The van der Waals surface area contributed by atoms with Gasteiger partial charge in [0.25, 0.3) is 0 Å². The first-order valence-electron chi connectivity index (χ1n) is 8.45. The zero-order valence-electron chi connectivity index (χ0n) is 15.2. The van der Waals surface area contributed by atoms with E-state index in [2.05, 4.69) is 15.3 Å². The molecule has 0 aliphatic heterocycles. The Morgan fingerprint density at radius 3 is 2.62 bits per heavy atom. The average Bonchev–Trinajstić information content (AvgIpc) is 2.66. The maximum absolute atomic E-state index is 14.1. The van der Waals surface area contributed by atoms with Crippen LogP contribution in [0.2, 0.25) is 5.02 Å². The van der Waals surface area contributed by atoms with Crippen LogP contribution in [0.4, 0.5) is 26.0 Å². The van der Waals surface area contributed by atoms with Crippen LogP contribution in [-0.2, 0) is 16.0 Å². The lowest BCUT2D eigenvalue weighted by molar-refractivity contribution is -0.116. The quantitative estimate of drug-likeness (QED) is 0.673. The van der Waals surface area contributed by atoms with Gasteiger partial charge in [-0.3, -0.25) is 19.5 Å². The van der Waals surface area contributed by atoms with E-state index in [1.165, 1.54) is 49.6 Å². The van der Waals surface area contributed by atoms with E-state index in [0.717, 1.165) is 17.2 Å². The monoisotopic (exact) mass is 416 g/mol. The van der Waals surface area contributed by atoms with E-state index in [1.807, 2.05) is 0 Å². The summed E-state index contributed by atoms with van der Waals surface area (Å²) < 4.78 is 27.2. The highest BCUT2D eigenvalue weighted by Gasteiger charge is 2.20. The summed E-state index contributed by atoms with van der Waals surface area (Å²) in [6.07, 6.45) is 3.65. The number of hydrogen-bond acceptors (Lipinski definition) is 4. The molecule has 0 saturated heterocycles. The maximum Gasteiger partial charge on any atom is 0.229 e. The van der Waals surface area contributed by atoms with Gasteiger partial charge < -0.3 is 5.32 Å². The third kappa shape index (κ3) is 4.91. The SMILES string of the molecule is CC(=O)N(c1cc(NC(=O)Cc2ccc(F)cc2Cl)ccn1)c1ccncc1F. The van der Waals surface area contributed by atoms with E-state index < -0.39 is 23.4 Å². The standard InChI is InChI=1S/C20H15ClF2N4O2/c1-12(28)27(18-5-6-24-11-17(18)23)19-10-15(4-7-25-19)26-20(29)8-13-2-3-14(22)9-16(13)21/h2-7,9-11H,8H2,1H3,(H,25,26,29). The Kier molecular flexibility index (Phi) is 6.13. The number of carbonyl (C=O) groups excluding carboxylic acids is 2. The Hall–Kier alpha value is -3.39. The second-order valence-corrected chi connectivity index (χ2v) is 6.45. The minimum Gasteiger partial charge on any atom is -0.326 e. The van der Waals surface area contributed by atoms with E-state index in [1.54, 1.807) is 0 Å². The summed E-state index contributed by atoms with van der Waals surface area (Å²) in [6, 6.07) is 8.08. The van der Waals surface area contributed by atoms with Crippen molar-refractivity contribution in [3.63, 3.8) is 0 Å². The highest BCUT2D eigenvalue weighted by Crippen LogP contribution is 2.27. The Morgan fingerprint density at radius 2 is 1.93 bits per heavy atom. The van der Waals surface area contributed by atoms with E-state index in [4.69, 9.17) is 11.6 Å². The second kappa shape index (κ2) is 8.74. The molecule has 3 rings (SSSR count). The molecule has 0 spiro atoms. The van der Waals surface area contributed by atoms with Crippen molar-refractivity contribution >= 4 is 40.6 Å². The first-order chi connectivity index (χ1) is 13.8. The number of carbonyl (C=O) groups is 2. The summed E-state index contributed by atoms with van der Waals surface area (Å²) in [6.45, 7) is 1.27. The van der Waals surface area contributed by atoms with Gasteiger partial charge in [0.05, 0.1) is 18.3 Å². The summed E-state index contributed by atoms with van der Waals surface area (Å²) in [5.41, 5.74) is 0.796. The Bertz CT molecular complexity index is 1080. The molecular formula is C20H15ClF2N4O2. The van der Waals surface area contributed by atoms with Crippen molar-refractivity contribution in [2.45, 2.75) is 13.3 Å². The highest BCUT2D eigenvalue weighted by atomic mass is 35.5. The van der Waals surface area contributed by atoms with Gasteiger partial charge in [-0.2, -0.15) is 0 Å². The lowest BCUT2D eigenvalue weighted by Gasteiger charge is -2.21. The molecule has 0 atom stereocenters. The first kappa shape index (κ1) is 20.3. The molecule has 29 heavy (non-hydrogen) atoms. The number of benzene rings is 1. The maximum atomic E-state index is 14.1. The zero-order valence-corrected chi connectivity index (χ0v) is 16.0. The number of aromatic nitrogens is 2. The van der Waals surface area contributed by atoms with Gasteiger partial charge in [-0.05, 0) is 29.8 Å². The predicted molar refractivity (Wildman–Crippen MR) is 105 cm³/mol. The molecule has 2 aromatic heterocycles. The average molecular weight is 417 g/mol. The molecule has 0 saturated carbocycles. The predicted octanol–water partition coefficient (Wildman–Crippen LogP) is 4.27. The number of nitrogens with zero attached hydrogens (tertiary/aromatic N) is 3. The van der Waals surface area contributed by atoms with Crippen molar-refractivity contribution in [1.29, 1.82) is 0 Å². The topological polar surface area (TPSA) is 75.2 Å². The second-order valence-electron chi connectivity index (χ2n) is 6.04. The molecule has 2 heterocycles. The number of nitrogens with one attached hydrogen (secondary N) is 1. The van der Waals surface area contributed by atoms with Gasteiger partial charge in [0, 0.05) is 36.1 Å². The molecule has 148 valence electrons. The van der Waals surface area contributed by atoms with Crippen molar-refractivity contribution in [1.82, 2.24) is 9.97 Å². The van der Waals surface area contributed by atoms with Crippen LogP contribution in [0.5, 0.6) is 0 Å². The number of anilines is 3. The Labute approximate surface area is 170 Å². The Morgan fingerprint density at radius 1 is 1.14 bits per heavy atom. The molecule has 0 unspecified atom stereocenters. The zero-order chi connectivity index (χ0) is 21.0. The number of pyridine rings is 2. The number of amides is 2. The molecule has 0 aliphatic rings. The minimum atomic E-state index is -0.690. The molecule has 0 aliphatic carbocycles. The molecule has 0 bridgehead atoms. The van der Waals surface area contributed by atoms with E-state index >= 15 is 0 Å². The van der Waals surface area contributed by atoms with Crippen molar-refractivity contribution in [2.75, 3.05) is 10.2 Å². The molecule has 0 fully saturated rings. The fraction of sp³-hybridized carbons (Fsp3) is 0.100. The first-order valence-corrected chi connectivity index (χ1v) is 8.83. The van der Waals surface area contributed by atoms with Gasteiger partial charge in [-0.25, -0.2) is 13.8 Å². The van der Waals surface area contributed by atoms with E-state index in [0.29, 0.717) is 11.3 Å². The lowest BCUT2D eigenvalue weighted by Crippen LogP contribution is -2.25. The van der Waals surface area contributed by atoms with Crippen molar-refractivity contribution in [3.05, 3.63) is 77.2 Å². The van der Waals surface area contributed by atoms with Crippen LogP contribution in [0, 0.1) is 11.6 Å². The smallest absolute Gasteiger partial charge is 0.229 e. The van der Waals surface area contributed by atoms with Crippen LogP contribution in [0.25, 0.3) is 0 Å². The fourth-order valence-corrected chi connectivity index (χ4v) is 2.90. The highest BCUT2D eigenvalue weighted by molar-refractivity contribution is 6.31. The summed E-state index contributed by atoms with van der Waals surface area (Å²) in [7, 11) is 0. The van der Waals surface area contributed by atoms with Crippen LogP contribution in [0.1, 0.15) is 12.5 Å². The van der Waals surface area contributed by atoms with Crippen LogP contribution in [0.3, 0.4) is 0 Å². The fourth-order valence-electron chi connectivity index (χ4n) is 2.67.